The molecule has 1 N–H and O–H groups in total. The summed E-state index contributed by atoms with van der Waals surface area (Å²) in [4.78, 5) is 34.0. The summed E-state index contributed by atoms with van der Waals surface area (Å²) >= 11 is 11.4. The lowest BCUT2D eigenvalue weighted by Gasteiger charge is -2.15. The van der Waals surface area contributed by atoms with Gasteiger partial charge in [0.1, 0.15) is 22.7 Å². The highest BCUT2D eigenvalue weighted by molar-refractivity contribution is 9.10. The Morgan fingerprint density at radius 2 is 2.00 bits per heavy atom. The van der Waals surface area contributed by atoms with Gasteiger partial charge in [0.15, 0.2) is 5.65 Å². The number of nitrogens with one attached hydrogen (secondary N) is 1. The molecular weight excluding hydrogens is 500 g/mol. The summed E-state index contributed by atoms with van der Waals surface area (Å²) in [7, 11) is 0. The van der Waals surface area contributed by atoms with Crippen LogP contribution in [0.15, 0.2) is 69.4 Å². The maximum absolute atomic E-state index is 13.4. The molecule has 0 unspecified atom stereocenters. The molecule has 5 rings (SSSR count). The van der Waals surface area contributed by atoms with E-state index in [1.54, 1.807) is 34.8 Å². The number of fused-ring (bicyclic) bond motifs is 2. The van der Waals surface area contributed by atoms with E-state index in [0.717, 1.165) is 15.0 Å². The highest BCUT2D eigenvalue weighted by Crippen LogP contribution is 2.25. The topological polar surface area (TPSA) is 89.3 Å². The molecule has 0 bridgehead atoms. The van der Waals surface area contributed by atoms with Crippen LogP contribution in [0, 0.1) is 0 Å². The van der Waals surface area contributed by atoms with E-state index in [9.17, 15) is 4.79 Å². The third-order valence-electron chi connectivity index (χ3n) is 4.75. The van der Waals surface area contributed by atoms with Gasteiger partial charge < -0.3 is 4.98 Å². The first-order chi connectivity index (χ1) is 15.1. The van der Waals surface area contributed by atoms with E-state index in [-0.39, 0.29) is 5.56 Å². The fourth-order valence-electron chi connectivity index (χ4n) is 3.34. The fourth-order valence-corrected chi connectivity index (χ4v) is 4.82. The number of halogens is 2. The van der Waals surface area contributed by atoms with Gasteiger partial charge in [-0.25, -0.2) is 19.9 Å². The van der Waals surface area contributed by atoms with Crippen LogP contribution in [0.3, 0.4) is 0 Å². The molecule has 3 aromatic heterocycles. The molecule has 31 heavy (non-hydrogen) atoms. The van der Waals surface area contributed by atoms with Crippen LogP contribution in [-0.2, 0) is 6.42 Å². The van der Waals surface area contributed by atoms with E-state index < -0.39 is 0 Å². The second kappa shape index (κ2) is 8.41. The summed E-state index contributed by atoms with van der Waals surface area (Å²) in [6.45, 7) is 0. The van der Waals surface area contributed by atoms with Gasteiger partial charge in [-0.1, -0.05) is 39.7 Å². The Bertz CT molecular complexity index is 1480. The smallest absolute Gasteiger partial charge is 0.266 e. The summed E-state index contributed by atoms with van der Waals surface area (Å²) in [5.41, 5.74) is 2.53. The lowest BCUT2D eigenvalue weighted by atomic mass is 10.2. The van der Waals surface area contributed by atoms with Crippen LogP contribution in [-0.4, -0.2) is 35.2 Å². The molecule has 0 radical (unpaired) electrons. The van der Waals surface area contributed by atoms with Gasteiger partial charge in [0.2, 0.25) is 0 Å². The number of aromatic nitrogens is 6. The maximum Gasteiger partial charge on any atom is 0.266 e. The van der Waals surface area contributed by atoms with Crippen molar-refractivity contribution in [2.45, 2.75) is 11.4 Å². The molecule has 0 aliphatic carbocycles. The fraction of sp³-hybridized carbons (Fsp3) is 0.0952. The second-order valence-electron chi connectivity index (χ2n) is 6.66. The minimum atomic E-state index is -0.155. The molecule has 0 saturated carbocycles. The molecule has 3 heterocycles. The second-order valence-corrected chi connectivity index (χ2v) is 9.07. The molecule has 5 aromatic rings. The van der Waals surface area contributed by atoms with E-state index in [4.69, 9.17) is 16.6 Å². The Balaban J connectivity index is 1.56. The Labute approximate surface area is 194 Å². The Kier molecular flexibility index (Phi) is 5.47. The molecule has 2 aromatic carbocycles. The number of aryl methyl sites for hydroxylation is 1. The van der Waals surface area contributed by atoms with E-state index in [0.29, 0.717) is 45.3 Å². The van der Waals surface area contributed by atoms with Crippen LogP contribution in [0.2, 0.25) is 5.02 Å². The van der Waals surface area contributed by atoms with Gasteiger partial charge in [0.05, 0.1) is 27.9 Å². The lowest BCUT2D eigenvalue weighted by molar-refractivity contribution is 0.837. The van der Waals surface area contributed by atoms with Crippen LogP contribution in [0.1, 0.15) is 5.82 Å². The van der Waals surface area contributed by atoms with E-state index >= 15 is 0 Å². The van der Waals surface area contributed by atoms with Crippen LogP contribution >= 0.6 is 39.3 Å². The quantitative estimate of drug-likeness (QED) is 0.268. The van der Waals surface area contributed by atoms with Gasteiger partial charge in [-0.3, -0.25) is 9.36 Å². The monoisotopic (exact) mass is 512 g/mol. The Morgan fingerprint density at radius 1 is 1.13 bits per heavy atom. The van der Waals surface area contributed by atoms with Crippen molar-refractivity contribution < 1.29 is 0 Å². The van der Waals surface area contributed by atoms with Gasteiger partial charge in [-0.05, 0) is 30.3 Å². The highest BCUT2D eigenvalue weighted by Gasteiger charge is 2.16. The molecule has 10 heteroatoms. The van der Waals surface area contributed by atoms with E-state index in [1.807, 2.05) is 30.3 Å². The normalized spacial score (nSPS) is 11.4. The summed E-state index contributed by atoms with van der Waals surface area (Å²) < 4.78 is 2.42. The first-order valence-electron chi connectivity index (χ1n) is 9.35. The van der Waals surface area contributed by atoms with E-state index in [2.05, 4.69) is 35.9 Å². The Morgan fingerprint density at radius 3 is 2.87 bits per heavy atom. The van der Waals surface area contributed by atoms with Crippen molar-refractivity contribution in [3.05, 3.63) is 80.8 Å². The Hall–Kier alpha value is -2.75. The third kappa shape index (κ3) is 3.84. The van der Waals surface area contributed by atoms with Gasteiger partial charge in [0, 0.05) is 16.6 Å². The molecule has 7 nitrogen and oxygen atoms in total. The zero-order valence-electron chi connectivity index (χ0n) is 15.9. The van der Waals surface area contributed by atoms with Crippen LogP contribution < -0.4 is 5.56 Å². The molecule has 0 amide bonds. The van der Waals surface area contributed by atoms with Crippen molar-refractivity contribution in [2.75, 3.05) is 5.75 Å². The number of imidazole rings is 1. The molecule has 0 saturated heterocycles. The number of thioether (sulfide) groups is 1. The average Bonchev–Trinajstić information content (AvgIpc) is 3.25. The zero-order chi connectivity index (χ0) is 21.4. The van der Waals surface area contributed by atoms with Crippen molar-refractivity contribution in [1.82, 2.24) is 29.5 Å². The van der Waals surface area contributed by atoms with Crippen molar-refractivity contribution in [1.29, 1.82) is 0 Å². The highest BCUT2D eigenvalue weighted by atomic mass is 79.9. The van der Waals surface area contributed by atoms with Crippen LogP contribution in [0.4, 0.5) is 0 Å². The standard InChI is InChI=1S/C21H14BrClN6OS/c22-12-5-6-15-13(9-12)21(30)29(16-4-2-1-3-14(16)23)17(28-15)7-8-31-20-18-19(25-10-24-18)26-11-27-20/h1-6,9-11H,7-8H2,(H,24,25,26,27). The predicted molar refractivity (Wildman–Crippen MR) is 126 cm³/mol. The van der Waals surface area contributed by atoms with Gasteiger partial charge in [-0.2, -0.15) is 0 Å². The summed E-state index contributed by atoms with van der Waals surface area (Å²) in [6.07, 6.45) is 3.63. The first kappa shape index (κ1) is 20.2. The minimum absolute atomic E-state index is 0.155. The number of aromatic amines is 1. The number of hydrogen-bond acceptors (Lipinski definition) is 6. The molecule has 0 aliphatic heterocycles. The largest absolute Gasteiger partial charge is 0.341 e. The number of H-pyrrole nitrogens is 1. The predicted octanol–water partition coefficient (Wildman–Crippen LogP) is 4.80. The number of para-hydroxylation sites is 1. The average molecular weight is 514 g/mol. The summed E-state index contributed by atoms with van der Waals surface area (Å²) in [6, 6.07) is 12.8. The third-order valence-corrected chi connectivity index (χ3v) is 6.55. The molecule has 0 aliphatic rings. The zero-order valence-corrected chi connectivity index (χ0v) is 19.1. The number of benzene rings is 2. The van der Waals surface area contributed by atoms with Crippen molar-refractivity contribution in [3.63, 3.8) is 0 Å². The first-order valence-corrected chi connectivity index (χ1v) is 11.5. The molecule has 154 valence electrons. The van der Waals surface area contributed by atoms with Gasteiger partial charge in [0.25, 0.3) is 5.56 Å². The maximum atomic E-state index is 13.4. The number of hydrogen-bond donors (Lipinski definition) is 1. The van der Waals surface area contributed by atoms with Crippen molar-refractivity contribution >= 4 is 61.4 Å². The van der Waals surface area contributed by atoms with Crippen LogP contribution in [0.5, 0.6) is 0 Å². The van der Waals surface area contributed by atoms with Crippen molar-refractivity contribution in [2.24, 2.45) is 0 Å². The minimum Gasteiger partial charge on any atom is -0.341 e. The summed E-state index contributed by atoms with van der Waals surface area (Å²) in [5.74, 6) is 1.29. The van der Waals surface area contributed by atoms with Crippen LogP contribution in [0.25, 0.3) is 27.8 Å². The molecule has 0 atom stereocenters. The molecule has 0 fully saturated rings. The van der Waals surface area contributed by atoms with Crippen molar-refractivity contribution in [3.8, 4) is 5.69 Å². The molecular formula is C21H14BrClN6OS. The SMILES string of the molecule is O=c1c2cc(Br)ccc2nc(CCSc2ncnc3nc[nH]c23)n1-c1ccccc1Cl. The molecule has 0 spiro atoms. The lowest BCUT2D eigenvalue weighted by Crippen LogP contribution is -2.24. The van der Waals surface area contributed by atoms with E-state index in [1.165, 1.54) is 6.33 Å². The number of rotatable bonds is 5. The number of nitrogens with zero attached hydrogens (tertiary/aromatic N) is 5. The summed E-state index contributed by atoms with van der Waals surface area (Å²) in [5, 5.41) is 1.82. The van der Waals surface area contributed by atoms with Gasteiger partial charge >= 0.3 is 0 Å². The van der Waals surface area contributed by atoms with Gasteiger partial charge in [-0.15, -0.1) is 11.8 Å².